The quantitative estimate of drug-likeness (QED) is 0.305. The summed E-state index contributed by atoms with van der Waals surface area (Å²) < 4.78 is 7.92. The van der Waals surface area contributed by atoms with Crippen molar-refractivity contribution in [2.45, 2.75) is 13.0 Å². The number of hydrogen-bond acceptors (Lipinski definition) is 3. The van der Waals surface area contributed by atoms with E-state index in [2.05, 4.69) is 89.7 Å². The molecule has 164 valence electrons. The van der Waals surface area contributed by atoms with Crippen molar-refractivity contribution < 1.29 is 4.74 Å². The molecule has 5 aromatic rings. The molecule has 2 heterocycles. The van der Waals surface area contributed by atoms with Crippen LogP contribution in [0.5, 0.6) is 5.75 Å². The third-order valence-corrected chi connectivity index (χ3v) is 5.94. The van der Waals surface area contributed by atoms with Crippen molar-refractivity contribution in [1.29, 1.82) is 0 Å². The standard InChI is InChI=1S/C29H27N3O/c1-3-33-23-18-16-22(17-19-23)31-28(25-14-9-10-20-30-25)27-24-13-7-8-15-26(24)32(2)29(27)21-11-5-4-6-12-21/h4-20,28,31H,3H2,1-2H3. The van der Waals surface area contributed by atoms with Gasteiger partial charge in [0.1, 0.15) is 5.75 Å². The Bertz CT molecular complexity index is 1340. The minimum atomic E-state index is -0.134. The lowest BCUT2D eigenvalue weighted by Gasteiger charge is -2.22. The molecule has 3 aromatic carbocycles. The van der Waals surface area contributed by atoms with E-state index in [4.69, 9.17) is 9.72 Å². The summed E-state index contributed by atoms with van der Waals surface area (Å²) in [5, 5.41) is 4.98. The maximum Gasteiger partial charge on any atom is 0.119 e. The molecule has 33 heavy (non-hydrogen) atoms. The zero-order chi connectivity index (χ0) is 22.6. The van der Waals surface area contributed by atoms with E-state index in [0.717, 1.165) is 17.1 Å². The largest absolute Gasteiger partial charge is 0.494 e. The van der Waals surface area contributed by atoms with Crippen molar-refractivity contribution >= 4 is 16.6 Å². The molecule has 4 nitrogen and oxygen atoms in total. The molecule has 2 aromatic heterocycles. The molecule has 5 rings (SSSR count). The summed E-state index contributed by atoms with van der Waals surface area (Å²) in [5.74, 6) is 0.868. The maximum atomic E-state index is 5.63. The molecule has 0 amide bonds. The van der Waals surface area contributed by atoms with E-state index in [0.29, 0.717) is 6.61 Å². The Morgan fingerprint density at radius 1 is 0.848 bits per heavy atom. The number of pyridine rings is 1. The van der Waals surface area contributed by atoms with Gasteiger partial charge in [-0.25, -0.2) is 0 Å². The number of hydrogen-bond donors (Lipinski definition) is 1. The molecule has 1 unspecified atom stereocenters. The molecule has 0 saturated carbocycles. The van der Waals surface area contributed by atoms with Crippen molar-refractivity contribution in [1.82, 2.24) is 9.55 Å². The maximum absolute atomic E-state index is 5.63. The highest BCUT2D eigenvalue weighted by atomic mass is 16.5. The van der Waals surface area contributed by atoms with Crippen LogP contribution in [-0.2, 0) is 7.05 Å². The van der Waals surface area contributed by atoms with Crippen molar-refractivity contribution in [2.75, 3.05) is 11.9 Å². The fourth-order valence-corrected chi connectivity index (χ4v) is 4.48. The number of benzene rings is 3. The van der Waals surface area contributed by atoms with E-state index in [1.54, 1.807) is 0 Å². The summed E-state index contributed by atoms with van der Waals surface area (Å²) in [6.07, 6.45) is 1.86. The summed E-state index contributed by atoms with van der Waals surface area (Å²) in [6, 6.07) is 33.2. The number of nitrogens with zero attached hydrogens (tertiary/aromatic N) is 2. The van der Waals surface area contributed by atoms with E-state index in [9.17, 15) is 0 Å². The van der Waals surface area contributed by atoms with Crippen molar-refractivity contribution in [3.05, 3.63) is 115 Å². The number of nitrogens with one attached hydrogen (secondary N) is 1. The van der Waals surface area contributed by atoms with Crippen LogP contribution in [0.3, 0.4) is 0 Å². The molecular formula is C29H27N3O. The van der Waals surface area contributed by atoms with Gasteiger partial charge in [0.15, 0.2) is 0 Å². The molecule has 1 atom stereocenters. The first-order valence-corrected chi connectivity index (χ1v) is 11.3. The molecule has 4 heteroatoms. The van der Waals surface area contributed by atoms with E-state index in [1.807, 2.05) is 37.4 Å². The minimum Gasteiger partial charge on any atom is -0.494 e. The first-order chi connectivity index (χ1) is 16.3. The zero-order valence-corrected chi connectivity index (χ0v) is 18.9. The van der Waals surface area contributed by atoms with Gasteiger partial charge in [0, 0.05) is 35.4 Å². The first-order valence-electron chi connectivity index (χ1n) is 11.3. The summed E-state index contributed by atoms with van der Waals surface area (Å²) in [4.78, 5) is 4.75. The second-order valence-corrected chi connectivity index (χ2v) is 7.99. The third kappa shape index (κ3) is 4.08. The molecule has 0 aliphatic rings. The fraction of sp³-hybridized carbons (Fsp3) is 0.138. The van der Waals surface area contributed by atoms with Crippen LogP contribution in [0.15, 0.2) is 103 Å². The molecule has 0 aliphatic carbocycles. The van der Waals surface area contributed by atoms with E-state index in [1.165, 1.54) is 27.7 Å². The molecule has 0 fully saturated rings. The number of aromatic nitrogens is 2. The fourth-order valence-electron chi connectivity index (χ4n) is 4.48. The van der Waals surface area contributed by atoms with Gasteiger partial charge in [-0.2, -0.15) is 0 Å². The lowest BCUT2D eigenvalue weighted by molar-refractivity contribution is 0.340. The number of fused-ring (bicyclic) bond motifs is 1. The Kier molecular flexibility index (Phi) is 5.81. The topological polar surface area (TPSA) is 39.1 Å². The van der Waals surface area contributed by atoms with Crippen LogP contribution >= 0.6 is 0 Å². The van der Waals surface area contributed by atoms with Gasteiger partial charge in [-0.05, 0) is 55.0 Å². The number of anilines is 1. The number of ether oxygens (including phenoxy) is 1. The Morgan fingerprint density at radius 3 is 2.30 bits per heavy atom. The Balaban J connectivity index is 1.71. The van der Waals surface area contributed by atoms with Gasteiger partial charge in [-0.1, -0.05) is 54.6 Å². The number of para-hydroxylation sites is 1. The molecule has 0 aliphatic heterocycles. The molecular weight excluding hydrogens is 406 g/mol. The van der Waals surface area contributed by atoms with Gasteiger partial charge < -0.3 is 14.6 Å². The van der Waals surface area contributed by atoms with Crippen LogP contribution in [0, 0.1) is 0 Å². The van der Waals surface area contributed by atoms with E-state index >= 15 is 0 Å². The van der Waals surface area contributed by atoms with Crippen LogP contribution in [0.2, 0.25) is 0 Å². The van der Waals surface area contributed by atoms with Gasteiger partial charge >= 0.3 is 0 Å². The lowest BCUT2D eigenvalue weighted by atomic mass is 9.95. The lowest BCUT2D eigenvalue weighted by Crippen LogP contribution is -2.15. The van der Waals surface area contributed by atoms with Crippen LogP contribution < -0.4 is 10.1 Å². The van der Waals surface area contributed by atoms with Crippen LogP contribution in [-0.4, -0.2) is 16.2 Å². The number of rotatable bonds is 7. The first kappa shape index (κ1) is 20.8. The normalized spacial score (nSPS) is 11.9. The van der Waals surface area contributed by atoms with Crippen molar-refractivity contribution in [3.8, 4) is 17.0 Å². The summed E-state index contributed by atoms with van der Waals surface area (Å²) in [6.45, 7) is 2.65. The van der Waals surface area contributed by atoms with Crippen molar-refractivity contribution in [3.63, 3.8) is 0 Å². The van der Waals surface area contributed by atoms with E-state index in [-0.39, 0.29) is 6.04 Å². The minimum absolute atomic E-state index is 0.134. The zero-order valence-electron chi connectivity index (χ0n) is 18.9. The highest BCUT2D eigenvalue weighted by Crippen LogP contribution is 2.40. The summed E-state index contributed by atoms with van der Waals surface area (Å²) in [7, 11) is 2.14. The average Bonchev–Trinajstić information content (AvgIpc) is 3.17. The van der Waals surface area contributed by atoms with Gasteiger partial charge in [0.2, 0.25) is 0 Å². The summed E-state index contributed by atoms with van der Waals surface area (Å²) in [5.41, 5.74) is 6.76. The third-order valence-electron chi connectivity index (χ3n) is 5.94. The molecule has 0 bridgehead atoms. The van der Waals surface area contributed by atoms with Crippen LogP contribution in [0.4, 0.5) is 5.69 Å². The predicted molar refractivity (Wildman–Crippen MR) is 136 cm³/mol. The number of aryl methyl sites for hydroxylation is 1. The van der Waals surface area contributed by atoms with Crippen LogP contribution in [0.1, 0.15) is 24.2 Å². The Labute approximate surface area is 194 Å². The molecule has 0 spiro atoms. The smallest absolute Gasteiger partial charge is 0.119 e. The van der Waals surface area contributed by atoms with Crippen LogP contribution in [0.25, 0.3) is 22.2 Å². The van der Waals surface area contributed by atoms with E-state index < -0.39 is 0 Å². The SMILES string of the molecule is CCOc1ccc(NC(c2ccccn2)c2c(-c3ccccc3)n(C)c3ccccc23)cc1. The second-order valence-electron chi connectivity index (χ2n) is 7.99. The van der Waals surface area contributed by atoms with Gasteiger partial charge in [-0.15, -0.1) is 0 Å². The second kappa shape index (κ2) is 9.21. The summed E-state index contributed by atoms with van der Waals surface area (Å²) >= 11 is 0. The highest BCUT2D eigenvalue weighted by Gasteiger charge is 2.26. The van der Waals surface area contributed by atoms with Gasteiger partial charge in [0.25, 0.3) is 0 Å². The Morgan fingerprint density at radius 2 is 1.58 bits per heavy atom. The predicted octanol–water partition coefficient (Wildman–Crippen LogP) is 6.84. The monoisotopic (exact) mass is 433 g/mol. The molecule has 0 radical (unpaired) electrons. The molecule has 1 N–H and O–H groups in total. The van der Waals surface area contributed by atoms with Gasteiger partial charge in [-0.3, -0.25) is 4.98 Å². The van der Waals surface area contributed by atoms with Crippen molar-refractivity contribution in [2.24, 2.45) is 7.05 Å². The highest BCUT2D eigenvalue weighted by molar-refractivity contribution is 5.93. The Hall–Kier alpha value is -4.05. The average molecular weight is 434 g/mol. The van der Waals surface area contributed by atoms with Gasteiger partial charge in [0.05, 0.1) is 24.0 Å². The molecule has 0 saturated heterocycles.